The van der Waals surface area contributed by atoms with Crippen LogP contribution in [-0.2, 0) is 16.0 Å². The topological polar surface area (TPSA) is 82.2 Å². The number of carbonyl (C=O) groups is 2. The van der Waals surface area contributed by atoms with E-state index in [0.717, 1.165) is 22.8 Å². The van der Waals surface area contributed by atoms with E-state index < -0.39 is 5.97 Å². The van der Waals surface area contributed by atoms with Crippen LogP contribution < -0.4 is 5.32 Å². The molecule has 0 unspecified atom stereocenters. The van der Waals surface area contributed by atoms with Gasteiger partial charge in [-0.2, -0.15) is 0 Å². The van der Waals surface area contributed by atoms with Gasteiger partial charge in [-0.05, 0) is 24.1 Å². The predicted molar refractivity (Wildman–Crippen MR) is 90.7 cm³/mol. The van der Waals surface area contributed by atoms with Crippen molar-refractivity contribution in [2.45, 2.75) is 26.2 Å². The second-order valence-corrected chi connectivity index (χ2v) is 5.52. The van der Waals surface area contributed by atoms with Gasteiger partial charge in [0.2, 0.25) is 5.91 Å². The van der Waals surface area contributed by atoms with Gasteiger partial charge in [0.1, 0.15) is 0 Å². The van der Waals surface area contributed by atoms with Crippen molar-refractivity contribution in [1.82, 2.24) is 4.98 Å². The fourth-order valence-corrected chi connectivity index (χ4v) is 2.81. The molecule has 23 heavy (non-hydrogen) atoms. The maximum absolute atomic E-state index is 11.7. The van der Waals surface area contributed by atoms with Crippen LogP contribution in [0.15, 0.2) is 36.4 Å². The molecule has 118 valence electrons. The number of rotatable bonds is 5. The highest BCUT2D eigenvalue weighted by Gasteiger charge is 2.09. The Hall–Kier alpha value is -2.82. The van der Waals surface area contributed by atoms with E-state index in [4.69, 9.17) is 5.11 Å². The number of carbonyl (C=O) groups excluding carboxylic acids is 1. The van der Waals surface area contributed by atoms with Crippen LogP contribution in [0.2, 0.25) is 0 Å². The molecule has 2 aromatic carbocycles. The van der Waals surface area contributed by atoms with Crippen LogP contribution in [-0.4, -0.2) is 22.0 Å². The number of hydrogen-bond donors (Lipinski definition) is 3. The van der Waals surface area contributed by atoms with E-state index in [1.165, 1.54) is 10.9 Å². The lowest BCUT2D eigenvalue weighted by Gasteiger charge is -2.04. The van der Waals surface area contributed by atoms with E-state index in [0.29, 0.717) is 5.69 Å². The maximum Gasteiger partial charge on any atom is 0.303 e. The van der Waals surface area contributed by atoms with Gasteiger partial charge in [0.05, 0.1) is 6.42 Å². The summed E-state index contributed by atoms with van der Waals surface area (Å²) in [6.45, 7) is 2.12. The molecule has 0 bridgehead atoms. The van der Waals surface area contributed by atoms with Gasteiger partial charge in [-0.1, -0.05) is 31.2 Å². The summed E-state index contributed by atoms with van der Waals surface area (Å²) in [4.78, 5) is 25.7. The second-order valence-electron chi connectivity index (χ2n) is 5.52. The molecule has 0 radical (unpaired) electrons. The lowest BCUT2D eigenvalue weighted by molar-refractivity contribution is -0.138. The fourth-order valence-electron chi connectivity index (χ4n) is 2.81. The van der Waals surface area contributed by atoms with Gasteiger partial charge in [0, 0.05) is 33.9 Å². The first-order valence-corrected chi connectivity index (χ1v) is 7.63. The molecular weight excluding hydrogens is 292 g/mol. The standard InChI is InChI=1S/C18H18N2O3/c1-2-11-4-3-5-14-13-7-6-12(10-15(13)20-18(11)14)19-16(21)8-9-17(22)23/h3-7,10,20H,2,8-9H2,1H3,(H,19,21)(H,22,23). The molecule has 3 N–H and O–H groups in total. The maximum atomic E-state index is 11.7. The Morgan fingerprint density at radius 1 is 1.13 bits per heavy atom. The first-order valence-electron chi connectivity index (χ1n) is 7.63. The second kappa shape index (κ2) is 6.12. The number of H-pyrrole nitrogens is 1. The lowest BCUT2D eigenvalue weighted by Crippen LogP contribution is -2.13. The zero-order valence-electron chi connectivity index (χ0n) is 12.8. The molecule has 5 heteroatoms. The number of fused-ring (bicyclic) bond motifs is 3. The summed E-state index contributed by atoms with van der Waals surface area (Å²) in [5.74, 6) is -1.27. The number of aryl methyl sites for hydroxylation is 1. The summed E-state index contributed by atoms with van der Waals surface area (Å²) in [5, 5.41) is 13.6. The van der Waals surface area contributed by atoms with Crippen molar-refractivity contribution < 1.29 is 14.7 Å². The summed E-state index contributed by atoms with van der Waals surface area (Å²) in [5.41, 5.74) is 4.00. The number of carboxylic acid groups (broad SMARTS) is 1. The number of amides is 1. The van der Waals surface area contributed by atoms with E-state index in [1.54, 1.807) is 0 Å². The summed E-state index contributed by atoms with van der Waals surface area (Å²) in [6.07, 6.45) is 0.753. The molecule has 1 aromatic heterocycles. The highest BCUT2D eigenvalue weighted by atomic mass is 16.4. The number of benzene rings is 2. The normalized spacial score (nSPS) is 11.0. The van der Waals surface area contributed by atoms with Gasteiger partial charge in [0.25, 0.3) is 0 Å². The predicted octanol–water partition coefficient (Wildman–Crippen LogP) is 3.69. The molecule has 3 rings (SSSR count). The van der Waals surface area contributed by atoms with Crippen molar-refractivity contribution in [3.8, 4) is 0 Å². The molecule has 0 fully saturated rings. The zero-order valence-corrected chi connectivity index (χ0v) is 12.8. The Morgan fingerprint density at radius 3 is 2.70 bits per heavy atom. The minimum Gasteiger partial charge on any atom is -0.481 e. The van der Waals surface area contributed by atoms with E-state index in [-0.39, 0.29) is 18.7 Å². The Bertz CT molecular complexity index is 896. The zero-order chi connectivity index (χ0) is 16.4. The quantitative estimate of drug-likeness (QED) is 0.672. The lowest BCUT2D eigenvalue weighted by atomic mass is 10.1. The molecule has 0 aliphatic heterocycles. The molecule has 0 aliphatic rings. The summed E-state index contributed by atoms with van der Waals surface area (Å²) < 4.78 is 0. The van der Waals surface area contributed by atoms with Crippen molar-refractivity contribution >= 4 is 39.4 Å². The van der Waals surface area contributed by atoms with Gasteiger partial charge in [-0.15, -0.1) is 0 Å². The van der Waals surface area contributed by atoms with E-state index in [2.05, 4.69) is 35.4 Å². The van der Waals surface area contributed by atoms with E-state index in [1.807, 2.05) is 18.2 Å². The van der Waals surface area contributed by atoms with Gasteiger partial charge in [-0.3, -0.25) is 9.59 Å². The number of aromatic nitrogens is 1. The smallest absolute Gasteiger partial charge is 0.303 e. The summed E-state index contributed by atoms with van der Waals surface area (Å²) >= 11 is 0. The van der Waals surface area contributed by atoms with Crippen LogP contribution in [0.5, 0.6) is 0 Å². The molecule has 0 spiro atoms. The molecule has 0 aliphatic carbocycles. The van der Waals surface area contributed by atoms with Gasteiger partial charge < -0.3 is 15.4 Å². The van der Waals surface area contributed by atoms with Crippen LogP contribution in [0.4, 0.5) is 5.69 Å². The van der Waals surface area contributed by atoms with E-state index >= 15 is 0 Å². The van der Waals surface area contributed by atoms with Crippen LogP contribution >= 0.6 is 0 Å². The third-order valence-electron chi connectivity index (χ3n) is 3.95. The monoisotopic (exact) mass is 310 g/mol. The van der Waals surface area contributed by atoms with Crippen molar-refractivity contribution in [2.24, 2.45) is 0 Å². The molecule has 1 heterocycles. The number of anilines is 1. The Kier molecular flexibility index (Phi) is 4.02. The number of para-hydroxylation sites is 1. The van der Waals surface area contributed by atoms with Gasteiger partial charge in [0.15, 0.2) is 0 Å². The average Bonchev–Trinajstić information content (AvgIpc) is 2.90. The first kappa shape index (κ1) is 15.1. The molecular formula is C18H18N2O3. The Labute approximate surface area is 133 Å². The van der Waals surface area contributed by atoms with Gasteiger partial charge >= 0.3 is 5.97 Å². The minimum absolute atomic E-state index is 0.0277. The number of carboxylic acids is 1. The Morgan fingerprint density at radius 2 is 1.96 bits per heavy atom. The van der Waals surface area contributed by atoms with Crippen molar-refractivity contribution in [3.05, 3.63) is 42.0 Å². The number of aliphatic carboxylic acids is 1. The van der Waals surface area contributed by atoms with Crippen molar-refractivity contribution in [1.29, 1.82) is 0 Å². The first-order chi connectivity index (χ1) is 11.1. The summed E-state index contributed by atoms with van der Waals surface area (Å²) in [7, 11) is 0. The molecule has 0 saturated heterocycles. The Balaban J connectivity index is 1.91. The van der Waals surface area contributed by atoms with Gasteiger partial charge in [-0.25, -0.2) is 0 Å². The SMILES string of the molecule is CCc1cccc2c1[nH]c1cc(NC(=O)CCC(=O)O)ccc12. The highest BCUT2D eigenvalue weighted by molar-refractivity contribution is 6.09. The number of hydrogen-bond acceptors (Lipinski definition) is 2. The largest absolute Gasteiger partial charge is 0.481 e. The highest BCUT2D eigenvalue weighted by Crippen LogP contribution is 2.29. The molecule has 0 atom stereocenters. The third kappa shape index (κ3) is 3.04. The van der Waals surface area contributed by atoms with Crippen LogP contribution in [0.25, 0.3) is 21.8 Å². The van der Waals surface area contributed by atoms with Crippen molar-refractivity contribution in [2.75, 3.05) is 5.32 Å². The fraction of sp³-hybridized carbons (Fsp3) is 0.222. The minimum atomic E-state index is -0.974. The molecule has 0 saturated carbocycles. The van der Waals surface area contributed by atoms with Crippen LogP contribution in [0, 0.1) is 0 Å². The number of nitrogens with one attached hydrogen (secondary N) is 2. The van der Waals surface area contributed by atoms with E-state index in [9.17, 15) is 9.59 Å². The van der Waals surface area contributed by atoms with Crippen LogP contribution in [0.1, 0.15) is 25.3 Å². The third-order valence-corrected chi connectivity index (χ3v) is 3.95. The molecule has 1 amide bonds. The molecule has 5 nitrogen and oxygen atoms in total. The average molecular weight is 310 g/mol. The molecule has 3 aromatic rings. The number of aromatic amines is 1. The van der Waals surface area contributed by atoms with Crippen molar-refractivity contribution in [3.63, 3.8) is 0 Å². The van der Waals surface area contributed by atoms with Crippen LogP contribution in [0.3, 0.4) is 0 Å². The summed E-state index contributed by atoms with van der Waals surface area (Å²) in [6, 6.07) is 11.9.